The van der Waals surface area contributed by atoms with Gasteiger partial charge >= 0.3 is 0 Å². The smallest absolute Gasteiger partial charge is 0.234 e. The number of hydrogen-bond donors (Lipinski definition) is 1. The van der Waals surface area contributed by atoms with Gasteiger partial charge in [-0.25, -0.2) is 9.97 Å². The first-order valence-electron chi connectivity index (χ1n) is 10.4. The molecule has 2 aromatic carbocycles. The predicted octanol–water partition coefficient (Wildman–Crippen LogP) is 5.14. The Morgan fingerprint density at radius 3 is 2.77 bits per heavy atom. The summed E-state index contributed by atoms with van der Waals surface area (Å²) >= 11 is 1.46. The lowest BCUT2D eigenvalue weighted by molar-refractivity contribution is -0.113. The molecule has 154 valence electrons. The lowest BCUT2D eigenvalue weighted by Gasteiger charge is -2.21. The molecule has 6 nitrogen and oxygen atoms in total. The number of ether oxygens (including phenoxy) is 2. The van der Waals surface area contributed by atoms with Crippen LogP contribution in [-0.2, 0) is 4.79 Å². The van der Waals surface area contributed by atoms with E-state index >= 15 is 0 Å². The molecule has 0 saturated heterocycles. The molecule has 1 aromatic heterocycles. The van der Waals surface area contributed by atoms with Gasteiger partial charge in [0, 0.05) is 23.1 Å². The van der Waals surface area contributed by atoms with Crippen molar-refractivity contribution in [2.75, 3.05) is 17.9 Å². The molecule has 0 radical (unpaired) electrons. The minimum atomic E-state index is -0.0826. The molecular weight excluding hydrogens is 398 g/mol. The summed E-state index contributed by atoms with van der Waals surface area (Å²) in [7, 11) is 0. The van der Waals surface area contributed by atoms with Crippen molar-refractivity contribution in [1.29, 1.82) is 0 Å². The van der Waals surface area contributed by atoms with Crippen molar-refractivity contribution in [3.63, 3.8) is 0 Å². The Morgan fingerprint density at radius 1 is 1.03 bits per heavy atom. The third-order valence-corrected chi connectivity index (χ3v) is 6.54. The number of aromatic nitrogens is 2. The first-order valence-corrected chi connectivity index (χ1v) is 11.3. The van der Waals surface area contributed by atoms with Crippen molar-refractivity contribution < 1.29 is 14.3 Å². The van der Waals surface area contributed by atoms with E-state index < -0.39 is 0 Å². The molecule has 1 saturated carbocycles. The van der Waals surface area contributed by atoms with Crippen molar-refractivity contribution in [3.05, 3.63) is 48.3 Å². The molecule has 7 heteroatoms. The first-order chi connectivity index (χ1) is 14.8. The Bertz CT molecular complexity index is 1080. The number of carbonyl (C=O) groups excluding carboxylic acids is 1. The molecule has 0 spiro atoms. The first kappa shape index (κ1) is 19.2. The van der Waals surface area contributed by atoms with Crippen LogP contribution in [-0.4, -0.2) is 28.4 Å². The van der Waals surface area contributed by atoms with E-state index in [1.165, 1.54) is 31.0 Å². The average Bonchev–Trinajstić information content (AvgIpc) is 3.26. The third kappa shape index (κ3) is 4.07. The highest BCUT2D eigenvalue weighted by atomic mass is 32.2. The van der Waals surface area contributed by atoms with Crippen molar-refractivity contribution in [2.45, 2.75) is 43.0 Å². The lowest BCUT2D eigenvalue weighted by atomic mass is 9.88. The van der Waals surface area contributed by atoms with Crippen LogP contribution < -0.4 is 14.8 Å². The Hall–Kier alpha value is -2.80. The second-order valence-corrected chi connectivity index (χ2v) is 8.61. The zero-order valence-corrected chi connectivity index (χ0v) is 17.4. The van der Waals surface area contributed by atoms with E-state index in [0.29, 0.717) is 23.1 Å². The van der Waals surface area contributed by atoms with Gasteiger partial charge in [0.05, 0.1) is 11.3 Å². The molecular formula is C23H23N3O3S. The molecule has 30 heavy (non-hydrogen) atoms. The maximum absolute atomic E-state index is 12.6. The Kier molecular flexibility index (Phi) is 5.45. The second kappa shape index (κ2) is 8.52. The minimum absolute atomic E-state index is 0.0826. The number of carbonyl (C=O) groups is 1. The SMILES string of the molecule is O=C(CSc1nc(C2CCCCC2)nc2ccccc12)Nc1ccc2c(c1)OCO2. The number of amides is 1. The molecule has 2 heterocycles. The van der Waals surface area contributed by atoms with Crippen molar-refractivity contribution >= 4 is 34.3 Å². The number of rotatable bonds is 5. The van der Waals surface area contributed by atoms with Gasteiger partial charge in [0.25, 0.3) is 0 Å². The Morgan fingerprint density at radius 2 is 1.87 bits per heavy atom. The number of para-hydroxylation sites is 1. The summed E-state index contributed by atoms with van der Waals surface area (Å²) in [5, 5.41) is 4.80. The number of nitrogens with zero attached hydrogens (tertiary/aromatic N) is 2. The molecule has 5 rings (SSSR count). The number of benzene rings is 2. The van der Waals surface area contributed by atoms with Crippen LogP contribution in [0.4, 0.5) is 5.69 Å². The molecule has 1 aliphatic heterocycles. The van der Waals surface area contributed by atoms with Crippen LogP contribution in [0.5, 0.6) is 11.5 Å². The maximum Gasteiger partial charge on any atom is 0.234 e. The Balaban J connectivity index is 1.32. The summed E-state index contributed by atoms with van der Waals surface area (Å²) in [5.74, 6) is 2.89. The number of fused-ring (bicyclic) bond motifs is 2. The summed E-state index contributed by atoms with van der Waals surface area (Å²) in [4.78, 5) is 22.3. The standard InChI is InChI=1S/C23H23N3O3S/c27-21(24-16-10-11-19-20(12-16)29-14-28-19)13-30-23-17-8-4-5-9-18(17)25-22(26-23)15-6-2-1-3-7-15/h4-5,8-12,15H,1-3,6-7,13-14H2,(H,24,27). The van der Waals surface area contributed by atoms with Crippen LogP contribution >= 0.6 is 11.8 Å². The van der Waals surface area contributed by atoms with E-state index in [9.17, 15) is 4.79 Å². The van der Waals surface area contributed by atoms with E-state index in [0.717, 1.165) is 34.6 Å². The highest BCUT2D eigenvalue weighted by Gasteiger charge is 2.20. The highest BCUT2D eigenvalue weighted by molar-refractivity contribution is 8.00. The van der Waals surface area contributed by atoms with Crippen LogP contribution in [0.2, 0.25) is 0 Å². The van der Waals surface area contributed by atoms with E-state index in [2.05, 4.69) is 5.32 Å². The molecule has 1 fully saturated rings. The van der Waals surface area contributed by atoms with E-state index in [1.54, 1.807) is 12.1 Å². The van der Waals surface area contributed by atoms with Gasteiger partial charge in [-0.3, -0.25) is 4.79 Å². The number of thioether (sulfide) groups is 1. The van der Waals surface area contributed by atoms with Gasteiger partial charge in [0.1, 0.15) is 10.9 Å². The fourth-order valence-electron chi connectivity index (χ4n) is 4.02. The molecule has 0 atom stereocenters. The normalized spacial score (nSPS) is 16.0. The number of hydrogen-bond acceptors (Lipinski definition) is 6. The maximum atomic E-state index is 12.6. The van der Waals surface area contributed by atoms with Crippen LogP contribution in [0.25, 0.3) is 10.9 Å². The quantitative estimate of drug-likeness (QED) is 0.454. The van der Waals surface area contributed by atoms with E-state index in [1.807, 2.05) is 30.3 Å². The van der Waals surface area contributed by atoms with Gasteiger partial charge in [-0.05, 0) is 31.0 Å². The van der Waals surface area contributed by atoms with Crippen molar-refractivity contribution in [2.24, 2.45) is 0 Å². The molecule has 1 amide bonds. The van der Waals surface area contributed by atoms with Gasteiger partial charge in [-0.2, -0.15) is 0 Å². The zero-order chi connectivity index (χ0) is 20.3. The molecule has 0 bridgehead atoms. The van der Waals surface area contributed by atoms with Crippen LogP contribution in [0.3, 0.4) is 0 Å². The highest BCUT2D eigenvalue weighted by Crippen LogP contribution is 2.35. The molecule has 1 N–H and O–H groups in total. The molecule has 1 aliphatic carbocycles. The van der Waals surface area contributed by atoms with Gasteiger partial charge in [-0.15, -0.1) is 0 Å². The van der Waals surface area contributed by atoms with Gasteiger partial charge < -0.3 is 14.8 Å². The number of nitrogens with one attached hydrogen (secondary N) is 1. The number of anilines is 1. The predicted molar refractivity (Wildman–Crippen MR) is 117 cm³/mol. The van der Waals surface area contributed by atoms with Gasteiger partial charge in [-0.1, -0.05) is 49.2 Å². The topological polar surface area (TPSA) is 73.3 Å². The monoisotopic (exact) mass is 421 g/mol. The van der Waals surface area contributed by atoms with Crippen LogP contribution in [0, 0.1) is 0 Å². The fourth-order valence-corrected chi connectivity index (χ4v) is 4.85. The van der Waals surface area contributed by atoms with Crippen molar-refractivity contribution in [3.8, 4) is 11.5 Å². The molecule has 0 unspecified atom stereocenters. The largest absolute Gasteiger partial charge is 0.454 e. The van der Waals surface area contributed by atoms with E-state index in [-0.39, 0.29) is 18.5 Å². The van der Waals surface area contributed by atoms with Gasteiger partial charge in [0.2, 0.25) is 12.7 Å². The molecule has 3 aromatic rings. The summed E-state index contributed by atoms with van der Waals surface area (Å²) in [6, 6.07) is 13.4. The summed E-state index contributed by atoms with van der Waals surface area (Å²) in [5.41, 5.74) is 1.65. The average molecular weight is 422 g/mol. The Labute approximate surface area is 179 Å². The van der Waals surface area contributed by atoms with Crippen LogP contribution in [0.15, 0.2) is 47.5 Å². The minimum Gasteiger partial charge on any atom is -0.454 e. The lowest BCUT2D eigenvalue weighted by Crippen LogP contribution is -2.14. The zero-order valence-electron chi connectivity index (χ0n) is 16.6. The molecule has 2 aliphatic rings. The summed E-state index contributed by atoms with van der Waals surface area (Å²) in [6.45, 7) is 0.215. The third-order valence-electron chi connectivity index (χ3n) is 5.55. The summed E-state index contributed by atoms with van der Waals surface area (Å²) < 4.78 is 10.7. The fraction of sp³-hybridized carbons (Fsp3) is 0.348. The van der Waals surface area contributed by atoms with Crippen molar-refractivity contribution in [1.82, 2.24) is 9.97 Å². The second-order valence-electron chi connectivity index (χ2n) is 7.64. The van der Waals surface area contributed by atoms with Gasteiger partial charge in [0.15, 0.2) is 11.5 Å². The van der Waals surface area contributed by atoms with Crippen LogP contribution in [0.1, 0.15) is 43.8 Å². The van der Waals surface area contributed by atoms with E-state index in [4.69, 9.17) is 19.4 Å². The summed E-state index contributed by atoms with van der Waals surface area (Å²) in [6.07, 6.45) is 6.06.